The maximum absolute atomic E-state index is 11.6. The third kappa shape index (κ3) is 1.26. The molecule has 0 unspecified atom stereocenters. The molecular formula is C13H17NOS2. The van der Waals surface area contributed by atoms with Crippen molar-refractivity contribution in [2.75, 3.05) is 0 Å². The van der Waals surface area contributed by atoms with Gasteiger partial charge in [-0.05, 0) is 37.0 Å². The minimum atomic E-state index is 0.128. The zero-order valence-corrected chi connectivity index (χ0v) is 11.8. The Morgan fingerprint density at radius 3 is 2.88 bits per heavy atom. The molecule has 3 aliphatic rings. The third-order valence-corrected chi connectivity index (χ3v) is 7.97. The van der Waals surface area contributed by atoms with Crippen LogP contribution >= 0.6 is 23.1 Å². The van der Waals surface area contributed by atoms with Crippen molar-refractivity contribution in [3.8, 4) is 0 Å². The van der Waals surface area contributed by atoms with Crippen molar-refractivity contribution in [2.24, 2.45) is 17.8 Å². The predicted octanol–water partition coefficient (Wildman–Crippen LogP) is 3.23. The Bertz CT molecular complexity index is 530. The largest absolute Gasteiger partial charge is 0.307 e. The van der Waals surface area contributed by atoms with Crippen LogP contribution in [0.4, 0.5) is 0 Å². The molecule has 1 aliphatic heterocycles. The summed E-state index contributed by atoms with van der Waals surface area (Å²) < 4.78 is 0. The number of H-pyrrole nitrogens is 1. The highest BCUT2D eigenvalue weighted by atomic mass is 32.2. The Labute approximate surface area is 109 Å². The number of nitrogens with one attached hydrogen (secondary N) is 1. The Kier molecular flexibility index (Phi) is 2.02. The molecule has 2 bridgehead atoms. The Balaban J connectivity index is 1.89. The van der Waals surface area contributed by atoms with Crippen molar-refractivity contribution in [3.05, 3.63) is 14.5 Å². The van der Waals surface area contributed by atoms with Crippen LogP contribution in [0.2, 0.25) is 0 Å². The topological polar surface area (TPSA) is 32.9 Å². The lowest BCUT2D eigenvalue weighted by Gasteiger charge is -2.45. The summed E-state index contributed by atoms with van der Waals surface area (Å²) in [4.78, 5) is 16.1. The van der Waals surface area contributed by atoms with Gasteiger partial charge in [-0.3, -0.25) is 4.79 Å². The molecule has 2 aliphatic carbocycles. The number of aromatic nitrogens is 1. The quantitative estimate of drug-likeness (QED) is 0.783. The molecule has 0 aromatic carbocycles. The Morgan fingerprint density at radius 1 is 1.29 bits per heavy atom. The molecule has 2 heterocycles. The Morgan fingerprint density at radius 2 is 2.06 bits per heavy atom. The van der Waals surface area contributed by atoms with E-state index < -0.39 is 0 Å². The van der Waals surface area contributed by atoms with Crippen LogP contribution in [0.1, 0.15) is 38.0 Å². The Hall–Kier alpha value is -0.220. The van der Waals surface area contributed by atoms with Crippen molar-refractivity contribution >= 4 is 23.1 Å². The summed E-state index contributed by atoms with van der Waals surface area (Å²) in [5.74, 6) is 2.62. The molecule has 0 radical (unpaired) electrons. The number of hydrogen-bond donors (Lipinski definition) is 1. The van der Waals surface area contributed by atoms with Crippen LogP contribution < -0.4 is 4.87 Å². The van der Waals surface area contributed by atoms with Crippen LogP contribution in [0, 0.1) is 17.8 Å². The summed E-state index contributed by atoms with van der Waals surface area (Å²) in [6, 6.07) is 0. The molecule has 4 heteroatoms. The summed E-state index contributed by atoms with van der Waals surface area (Å²) in [6.07, 6.45) is 4.27. The van der Waals surface area contributed by atoms with Crippen LogP contribution in [0.3, 0.4) is 0 Å². The number of thiazole rings is 1. The first-order valence-electron chi connectivity index (χ1n) is 6.47. The monoisotopic (exact) mass is 267 g/mol. The highest BCUT2D eigenvalue weighted by Crippen LogP contribution is 2.64. The maximum Gasteiger partial charge on any atom is 0.305 e. The zero-order chi connectivity index (χ0) is 11.8. The molecule has 2 saturated carbocycles. The highest BCUT2D eigenvalue weighted by Gasteiger charge is 2.57. The lowest BCUT2D eigenvalue weighted by Crippen LogP contribution is -2.42. The van der Waals surface area contributed by atoms with Gasteiger partial charge in [-0.1, -0.05) is 25.2 Å². The van der Waals surface area contributed by atoms with E-state index >= 15 is 0 Å². The van der Waals surface area contributed by atoms with Gasteiger partial charge in [0.1, 0.15) is 0 Å². The van der Waals surface area contributed by atoms with Gasteiger partial charge < -0.3 is 4.98 Å². The number of hydrogen-bond acceptors (Lipinski definition) is 3. The molecule has 4 rings (SSSR count). The van der Waals surface area contributed by atoms with Crippen molar-refractivity contribution in [2.45, 2.75) is 48.8 Å². The van der Waals surface area contributed by atoms with Crippen molar-refractivity contribution in [1.29, 1.82) is 0 Å². The number of thioether (sulfide) groups is 1. The lowest BCUT2D eigenvalue weighted by atomic mass is 9.69. The molecule has 1 aromatic rings. The predicted molar refractivity (Wildman–Crippen MR) is 71.9 cm³/mol. The fourth-order valence-electron chi connectivity index (χ4n) is 4.52. The summed E-state index contributed by atoms with van der Waals surface area (Å²) in [6.45, 7) is 4.71. The van der Waals surface area contributed by atoms with E-state index in [1.807, 2.05) is 11.8 Å². The molecular weight excluding hydrogens is 250 g/mol. The van der Waals surface area contributed by atoms with Crippen LogP contribution in [0.15, 0.2) is 9.82 Å². The van der Waals surface area contributed by atoms with E-state index in [0.717, 1.165) is 23.0 Å². The molecule has 92 valence electrons. The second kappa shape index (κ2) is 3.21. The zero-order valence-electron chi connectivity index (χ0n) is 10.2. The van der Waals surface area contributed by atoms with E-state index in [1.54, 1.807) is 0 Å². The average molecular weight is 267 g/mol. The van der Waals surface area contributed by atoms with Gasteiger partial charge in [0.15, 0.2) is 0 Å². The van der Waals surface area contributed by atoms with E-state index in [0.29, 0.717) is 0 Å². The molecule has 17 heavy (non-hydrogen) atoms. The number of fused-ring (bicyclic) bond motifs is 6. The van der Waals surface area contributed by atoms with Gasteiger partial charge in [-0.25, -0.2) is 0 Å². The molecule has 0 saturated heterocycles. The molecule has 2 fully saturated rings. The average Bonchev–Trinajstić information content (AvgIpc) is 2.90. The van der Waals surface area contributed by atoms with Gasteiger partial charge in [0.05, 0.1) is 5.03 Å². The number of aromatic amines is 1. The molecule has 4 atom stereocenters. The van der Waals surface area contributed by atoms with Gasteiger partial charge in [0.25, 0.3) is 0 Å². The van der Waals surface area contributed by atoms with E-state index in [9.17, 15) is 4.79 Å². The van der Waals surface area contributed by atoms with Gasteiger partial charge >= 0.3 is 4.87 Å². The minimum Gasteiger partial charge on any atom is -0.307 e. The summed E-state index contributed by atoms with van der Waals surface area (Å²) >= 11 is 3.41. The van der Waals surface area contributed by atoms with E-state index in [4.69, 9.17) is 0 Å². The highest BCUT2D eigenvalue weighted by molar-refractivity contribution is 8.00. The second-order valence-corrected chi connectivity index (χ2v) is 8.51. The van der Waals surface area contributed by atoms with Crippen LogP contribution in [-0.4, -0.2) is 10.2 Å². The standard InChI is InChI=1S/C13H17NOS2/c1-13(2)8-6-3-4-7(5-6)9(8)16-11-10(13)17-12(15)14-11/h6-9H,3-5H2,1-2H3,(H,14,15)/t6-,7-,8+,9+/m0/s1. The van der Waals surface area contributed by atoms with Crippen LogP contribution in [0.25, 0.3) is 0 Å². The smallest absolute Gasteiger partial charge is 0.305 e. The molecule has 0 amide bonds. The van der Waals surface area contributed by atoms with Gasteiger partial charge in [-0.2, -0.15) is 0 Å². The van der Waals surface area contributed by atoms with Gasteiger partial charge in [0, 0.05) is 15.5 Å². The lowest BCUT2D eigenvalue weighted by molar-refractivity contribution is 0.218. The fourth-order valence-corrected chi connectivity index (χ4v) is 7.67. The second-order valence-electron chi connectivity index (χ2n) is 6.34. The van der Waals surface area contributed by atoms with Crippen LogP contribution in [-0.2, 0) is 5.41 Å². The first kappa shape index (κ1) is 10.7. The van der Waals surface area contributed by atoms with Gasteiger partial charge in [-0.15, -0.1) is 11.8 Å². The molecule has 1 N–H and O–H groups in total. The van der Waals surface area contributed by atoms with Crippen molar-refractivity contribution in [1.82, 2.24) is 4.98 Å². The number of rotatable bonds is 0. The van der Waals surface area contributed by atoms with E-state index in [1.165, 1.54) is 40.5 Å². The summed E-state index contributed by atoms with van der Waals surface area (Å²) in [7, 11) is 0. The van der Waals surface area contributed by atoms with Crippen LogP contribution in [0.5, 0.6) is 0 Å². The summed E-state index contributed by atoms with van der Waals surface area (Å²) in [5.41, 5.74) is 0.203. The molecule has 1 aromatic heterocycles. The van der Waals surface area contributed by atoms with Crippen molar-refractivity contribution in [3.63, 3.8) is 0 Å². The first-order chi connectivity index (χ1) is 8.07. The van der Waals surface area contributed by atoms with Crippen molar-refractivity contribution < 1.29 is 0 Å². The van der Waals surface area contributed by atoms with E-state index in [-0.39, 0.29) is 10.3 Å². The SMILES string of the molecule is CC1(C)c2sc(=O)[nH]c2S[C@@H]2[C@H]3CC[C@@H](C3)[C@H]21. The fraction of sp³-hybridized carbons (Fsp3) is 0.769. The first-order valence-corrected chi connectivity index (χ1v) is 8.17. The minimum absolute atomic E-state index is 0.128. The molecule has 2 nitrogen and oxygen atoms in total. The third-order valence-electron chi connectivity index (χ3n) is 5.13. The summed E-state index contributed by atoms with van der Waals surface area (Å²) in [5, 5.41) is 1.94. The maximum atomic E-state index is 11.6. The van der Waals surface area contributed by atoms with E-state index in [2.05, 4.69) is 18.8 Å². The van der Waals surface area contributed by atoms with Gasteiger partial charge in [0.2, 0.25) is 0 Å². The molecule has 0 spiro atoms. The normalized spacial score (nSPS) is 41.3.